The second-order valence-electron chi connectivity index (χ2n) is 8.26. The molecule has 1 unspecified atom stereocenters. The molecule has 1 aliphatic carbocycles. The van der Waals surface area contributed by atoms with Crippen LogP contribution in [0.4, 0.5) is 0 Å². The Morgan fingerprint density at radius 3 is 2.66 bits per heavy atom. The van der Waals surface area contributed by atoms with Gasteiger partial charge in [0.2, 0.25) is 0 Å². The zero-order chi connectivity index (χ0) is 22.1. The fraction of sp³-hybridized carbons (Fsp3) is 0.185. The summed E-state index contributed by atoms with van der Waals surface area (Å²) in [6.45, 7) is 2.00. The number of hydrogen-bond donors (Lipinski definition) is 1. The van der Waals surface area contributed by atoms with E-state index in [-0.39, 0.29) is 11.7 Å². The minimum atomic E-state index is -0.816. The Bertz CT molecular complexity index is 1250. The Morgan fingerprint density at radius 1 is 1.06 bits per heavy atom. The summed E-state index contributed by atoms with van der Waals surface area (Å²) in [5.41, 5.74) is 3.02. The maximum Gasteiger partial charge on any atom is 0.188 e. The van der Waals surface area contributed by atoms with Crippen LogP contribution in [0.25, 0.3) is 0 Å². The van der Waals surface area contributed by atoms with Gasteiger partial charge < -0.3 is 9.72 Å². The number of hydrogen-bond acceptors (Lipinski definition) is 3. The lowest BCUT2D eigenvalue weighted by atomic mass is 9.78. The van der Waals surface area contributed by atoms with Crippen molar-refractivity contribution in [3.05, 3.63) is 118 Å². The van der Waals surface area contributed by atoms with Crippen molar-refractivity contribution >= 4 is 17.4 Å². The van der Waals surface area contributed by atoms with Gasteiger partial charge in [-0.25, -0.2) is 4.98 Å². The molecule has 32 heavy (non-hydrogen) atoms. The largest absolute Gasteiger partial charge is 0.475 e. The number of nitrogens with one attached hydrogen (secondary N) is 1. The molecular formula is C27H23ClN2O2. The molecule has 160 valence electrons. The third kappa shape index (κ3) is 3.71. The van der Waals surface area contributed by atoms with E-state index < -0.39 is 5.60 Å². The molecule has 2 atom stereocenters. The topological polar surface area (TPSA) is 55.0 Å². The van der Waals surface area contributed by atoms with Gasteiger partial charge in [0, 0.05) is 40.9 Å². The van der Waals surface area contributed by atoms with Gasteiger partial charge in [0.25, 0.3) is 0 Å². The summed E-state index contributed by atoms with van der Waals surface area (Å²) in [5.74, 6) is 1.66. The lowest BCUT2D eigenvalue weighted by Gasteiger charge is -2.31. The van der Waals surface area contributed by atoms with Crippen LogP contribution in [0.3, 0.4) is 0 Å². The molecule has 0 fully saturated rings. The fourth-order valence-electron chi connectivity index (χ4n) is 4.54. The van der Waals surface area contributed by atoms with Crippen molar-refractivity contribution in [1.29, 1.82) is 0 Å². The summed E-state index contributed by atoms with van der Waals surface area (Å²) in [6, 6.07) is 23.6. The Morgan fingerprint density at radius 2 is 1.91 bits per heavy atom. The van der Waals surface area contributed by atoms with Gasteiger partial charge in [0.1, 0.15) is 5.75 Å². The number of H-pyrrole nitrogens is 1. The van der Waals surface area contributed by atoms with Crippen LogP contribution in [-0.2, 0) is 5.60 Å². The normalized spacial score (nSPS) is 17.4. The first kappa shape index (κ1) is 20.5. The molecule has 5 heteroatoms. The SMILES string of the molecule is C[C@](Oc1ccc2c(c1)C(c1cccc(Cl)c1)CCC2=O)(c1ccccc1)c1ncc[nH]1. The molecular weight excluding hydrogens is 420 g/mol. The average molecular weight is 443 g/mol. The number of fused-ring (bicyclic) bond motifs is 1. The first-order valence-corrected chi connectivity index (χ1v) is 11.1. The summed E-state index contributed by atoms with van der Waals surface area (Å²) in [6.07, 6.45) is 4.80. The summed E-state index contributed by atoms with van der Waals surface area (Å²) < 4.78 is 6.61. The first-order valence-electron chi connectivity index (χ1n) is 10.7. The van der Waals surface area contributed by atoms with E-state index in [9.17, 15) is 4.79 Å². The molecule has 4 nitrogen and oxygen atoms in total. The lowest BCUT2D eigenvalue weighted by molar-refractivity contribution is 0.0968. The predicted octanol–water partition coefficient (Wildman–Crippen LogP) is 6.51. The van der Waals surface area contributed by atoms with Crippen molar-refractivity contribution in [1.82, 2.24) is 9.97 Å². The van der Waals surface area contributed by atoms with Crippen molar-refractivity contribution in [2.75, 3.05) is 0 Å². The Balaban J connectivity index is 1.58. The summed E-state index contributed by atoms with van der Waals surface area (Å²) in [7, 11) is 0. The molecule has 1 aromatic heterocycles. The predicted molar refractivity (Wildman–Crippen MR) is 125 cm³/mol. The maximum atomic E-state index is 12.7. The molecule has 0 radical (unpaired) electrons. The Hall–Kier alpha value is -3.37. The van der Waals surface area contributed by atoms with Crippen LogP contribution in [0, 0.1) is 0 Å². The van der Waals surface area contributed by atoms with Crippen molar-refractivity contribution in [3.63, 3.8) is 0 Å². The number of nitrogens with zero attached hydrogens (tertiary/aromatic N) is 1. The molecule has 1 aliphatic rings. The van der Waals surface area contributed by atoms with Crippen LogP contribution in [0.5, 0.6) is 5.75 Å². The Labute approximate surface area is 192 Å². The summed E-state index contributed by atoms with van der Waals surface area (Å²) in [5, 5.41) is 0.697. The minimum Gasteiger partial charge on any atom is -0.475 e. The van der Waals surface area contributed by atoms with E-state index in [1.54, 1.807) is 12.4 Å². The van der Waals surface area contributed by atoms with Gasteiger partial charge in [-0.1, -0.05) is 54.1 Å². The monoisotopic (exact) mass is 442 g/mol. The van der Waals surface area contributed by atoms with Gasteiger partial charge in [-0.2, -0.15) is 0 Å². The number of aromatic nitrogens is 2. The van der Waals surface area contributed by atoms with Gasteiger partial charge >= 0.3 is 0 Å². The van der Waals surface area contributed by atoms with Crippen molar-refractivity contribution in [3.8, 4) is 5.75 Å². The fourth-order valence-corrected chi connectivity index (χ4v) is 4.74. The van der Waals surface area contributed by atoms with Gasteiger partial charge in [-0.15, -0.1) is 0 Å². The molecule has 1 heterocycles. The van der Waals surface area contributed by atoms with Crippen molar-refractivity contribution < 1.29 is 9.53 Å². The highest BCUT2D eigenvalue weighted by molar-refractivity contribution is 6.30. The number of benzene rings is 3. The van der Waals surface area contributed by atoms with E-state index in [1.807, 2.05) is 73.7 Å². The number of ether oxygens (including phenoxy) is 1. The molecule has 0 amide bonds. The minimum absolute atomic E-state index is 0.0940. The highest BCUT2D eigenvalue weighted by Gasteiger charge is 2.35. The number of rotatable bonds is 5. The van der Waals surface area contributed by atoms with Gasteiger partial charge in [0.15, 0.2) is 17.2 Å². The van der Waals surface area contributed by atoms with E-state index in [1.165, 1.54) is 0 Å². The number of carbonyl (C=O) groups is 1. The Kier molecular flexibility index (Phi) is 5.32. The van der Waals surface area contributed by atoms with Crippen LogP contribution in [0.15, 0.2) is 85.2 Å². The number of Topliss-reactive ketones (excluding diaryl/α,β-unsaturated/α-hetero) is 1. The molecule has 5 rings (SSSR count). The molecule has 0 spiro atoms. The molecule has 0 aliphatic heterocycles. The first-order chi connectivity index (χ1) is 15.5. The second kappa shape index (κ2) is 8.29. The average Bonchev–Trinajstić information content (AvgIpc) is 3.36. The number of imidazole rings is 1. The van der Waals surface area contributed by atoms with Crippen LogP contribution in [-0.4, -0.2) is 15.8 Å². The maximum absolute atomic E-state index is 12.7. The zero-order valence-corrected chi connectivity index (χ0v) is 18.5. The van der Waals surface area contributed by atoms with Gasteiger partial charge in [0.05, 0.1) is 0 Å². The quantitative estimate of drug-likeness (QED) is 0.383. The molecule has 3 aromatic carbocycles. The van der Waals surface area contributed by atoms with E-state index in [0.29, 0.717) is 23.0 Å². The highest BCUT2D eigenvalue weighted by atomic mass is 35.5. The molecule has 0 saturated carbocycles. The van der Waals surface area contributed by atoms with Gasteiger partial charge in [-0.05, 0) is 54.8 Å². The van der Waals surface area contributed by atoms with Crippen molar-refractivity contribution in [2.24, 2.45) is 0 Å². The zero-order valence-electron chi connectivity index (χ0n) is 17.7. The van der Waals surface area contributed by atoms with Crippen LogP contribution < -0.4 is 4.74 Å². The standard InChI is InChI=1S/C27H23ClN2O2/c1-27(26-29-14-15-30-26,19-7-3-2-4-8-19)32-21-10-11-23-24(17-21)22(12-13-25(23)31)18-6-5-9-20(28)16-18/h2-11,14-17,22H,12-13H2,1H3,(H,29,30)/t22?,27-/m0/s1. The van der Waals surface area contributed by atoms with Crippen molar-refractivity contribution in [2.45, 2.75) is 31.3 Å². The smallest absolute Gasteiger partial charge is 0.188 e. The number of aromatic amines is 1. The molecule has 1 N–H and O–H groups in total. The van der Waals surface area contributed by atoms with E-state index in [2.05, 4.69) is 16.0 Å². The lowest BCUT2D eigenvalue weighted by Crippen LogP contribution is -2.32. The molecule has 0 bridgehead atoms. The van der Waals surface area contributed by atoms with E-state index in [4.69, 9.17) is 16.3 Å². The molecule has 0 saturated heterocycles. The van der Waals surface area contributed by atoms with E-state index in [0.717, 1.165) is 28.7 Å². The third-order valence-electron chi connectivity index (χ3n) is 6.21. The van der Waals surface area contributed by atoms with E-state index >= 15 is 0 Å². The summed E-state index contributed by atoms with van der Waals surface area (Å²) in [4.78, 5) is 20.3. The van der Waals surface area contributed by atoms with Crippen LogP contribution >= 0.6 is 11.6 Å². The van der Waals surface area contributed by atoms with Crippen LogP contribution in [0.1, 0.15) is 58.6 Å². The van der Waals surface area contributed by atoms with Gasteiger partial charge in [-0.3, -0.25) is 4.79 Å². The number of carbonyl (C=O) groups excluding carboxylic acids is 1. The summed E-state index contributed by atoms with van der Waals surface area (Å²) >= 11 is 6.26. The number of halogens is 1. The third-order valence-corrected chi connectivity index (χ3v) is 6.44. The number of ketones is 1. The van der Waals surface area contributed by atoms with Crippen LogP contribution in [0.2, 0.25) is 5.02 Å². The molecule has 4 aromatic rings. The second-order valence-corrected chi connectivity index (χ2v) is 8.69. The highest BCUT2D eigenvalue weighted by Crippen LogP contribution is 2.41.